The quantitative estimate of drug-likeness (QED) is 0.346. The van der Waals surface area contributed by atoms with Crippen molar-refractivity contribution >= 4 is 35.1 Å². The highest BCUT2D eigenvalue weighted by Crippen LogP contribution is 2.22. The Morgan fingerprint density at radius 3 is 2.37 bits per heavy atom. The summed E-state index contributed by atoms with van der Waals surface area (Å²) in [5.74, 6) is 2.79. The van der Waals surface area contributed by atoms with Crippen LogP contribution < -0.4 is 5.32 Å². The summed E-state index contributed by atoms with van der Waals surface area (Å²) < 4.78 is 2.03. The van der Waals surface area contributed by atoms with Crippen LogP contribution in [0.15, 0.2) is 66.3 Å². The predicted molar refractivity (Wildman–Crippen MR) is 127 cm³/mol. The van der Waals surface area contributed by atoms with Crippen LogP contribution in [0.4, 0.5) is 5.69 Å². The number of thioether (sulfide) groups is 2. The lowest BCUT2D eigenvalue weighted by Gasteiger charge is -2.08. The number of anilines is 1. The van der Waals surface area contributed by atoms with Crippen LogP contribution in [0.25, 0.3) is 0 Å². The molecular formula is C23H26N4OS2. The molecule has 30 heavy (non-hydrogen) atoms. The number of nitrogens with one attached hydrogen (secondary N) is 1. The van der Waals surface area contributed by atoms with Gasteiger partial charge in [0.2, 0.25) is 5.91 Å². The summed E-state index contributed by atoms with van der Waals surface area (Å²) in [7, 11) is 0. The topological polar surface area (TPSA) is 59.8 Å². The van der Waals surface area contributed by atoms with E-state index in [-0.39, 0.29) is 11.7 Å². The molecule has 0 spiro atoms. The second kappa shape index (κ2) is 11.0. The van der Waals surface area contributed by atoms with Crippen LogP contribution in [0.3, 0.4) is 0 Å². The van der Waals surface area contributed by atoms with Crippen molar-refractivity contribution < 1.29 is 4.79 Å². The fourth-order valence-electron chi connectivity index (χ4n) is 2.75. The molecule has 0 radical (unpaired) electrons. The molecular weight excluding hydrogens is 412 g/mol. The third kappa shape index (κ3) is 6.50. The largest absolute Gasteiger partial charge is 0.325 e. The molecule has 0 saturated carbocycles. The van der Waals surface area contributed by atoms with Crippen molar-refractivity contribution in [3.05, 3.63) is 83.7 Å². The van der Waals surface area contributed by atoms with Gasteiger partial charge in [0.25, 0.3) is 0 Å². The van der Waals surface area contributed by atoms with E-state index in [1.807, 2.05) is 41.8 Å². The summed E-state index contributed by atoms with van der Waals surface area (Å²) >= 11 is 3.19. The number of hydrogen-bond acceptors (Lipinski definition) is 5. The van der Waals surface area contributed by atoms with Crippen molar-refractivity contribution in [2.75, 3.05) is 11.1 Å². The molecule has 5 nitrogen and oxygen atoms in total. The number of nitrogens with zero attached hydrogens (tertiary/aromatic N) is 3. The van der Waals surface area contributed by atoms with Gasteiger partial charge in [-0.2, -0.15) is 0 Å². The highest BCUT2D eigenvalue weighted by atomic mass is 32.2. The number of rotatable bonds is 10. The number of amides is 1. The maximum Gasteiger partial charge on any atom is 0.234 e. The van der Waals surface area contributed by atoms with E-state index in [0.717, 1.165) is 33.7 Å². The Labute approximate surface area is 186 Å². The van der Waals surface area contributed by atoms with Gasteiger partial charge in [-0.15, -0.1) is 28.5 Å². The lowest BCUT2D eigenvalue weighted by Crippen LogP contribution is -2.14. The number of carbonyl (C=O) groups excluding carboxylic acids is 1. The third-order valence-corrected chi connectivity index (χ3v) is 6.36. The highest BCUT2D eigenvalue weighted by Gasteiger charge is 2.14. The fraction of sp³-hybridized carbons (Fsp3) is 0.261. The Hall–Kier alpha value is -2.51. The van der Waals surface area contributed by atoms with Crippen LogP contribution in [-0.2, 0) is 22.8 Å². The number of aromatic nitrogens is 3. The first-order chi connectivity index (χ1) is 14.5. The average Bonchev–Trinajstić information content (AvgIpc) is 3.12. The van der Waals surface area contributed by atoms with Crippen LogP contribution in [0.5, 0.6) is 0 Å². The molecule has 0 saturated heterocycles. The first-order valence-corrected chi connectivity index (χ1v) is 11.8. The Bertz CT molecular complexity index is 981. The highest BCUT2D eigenvalue weighted by molar-refractivity contribution is 7.99. The molecule has 3 aromatic rings. The van der Waals surface area contributed by atoms with Crippen molar-refractivity contribution in [2.45, 2.75) is 37.1 Å². The number of allylic oxidation sites excluding steroid dienone is 1. The molecule has 0 fully saturated rings. The molecule has 1 amide bonds. The molecule has 0 aliphatic rings. The van der Waals surface area contributed by atoms with Gasteiger partial charge in [-0.1, -0.05) is 65.4 Å². The van der Waals surface area contributed by atoms with E-state index >= 15 is 0 Å². The maximum absolute atomic E-state index is 12.3. The van der Waals surface area contributed by atoms with E-state index in [1.165, 1.54) is 22.9 Å². The molecule has 0 unspecified atom stereocenters. The normalized spacial score (nSPS) is 10.7. The van der Waals surface area contributed by atoms with Crippen LogP contribution in [0.2, 0.25) is 0 Å². The second-order valence-corrected chi connectivity index (χ2v) is 8.91. The first-order valence-electron chi connectivity index (χ1n) is 9.70. The predicted octanol–water partition coefficient (Wildman–Crippen LogP) is 5.25. The monoisotopic (exact) mass is 438 g/mol. The third-order valence-electron chi connectivity index (χ3n) is 4.39. The Kier molecular flexibility index (Phi) is 8.16. The van der Waals surface area contributed by atoms with E-state index in [2.05, 4.69) is 53.3 Å². The van der Waals surface area contributed by atoms with Crippen molar-refractivity contribution in [1.82, 2.24) is 14.8 Å². The van der Waals surface area contributed by atoms with Crippen molar-refractivity contribution in [3.63, 3.8) is 0 Å². The maximum atomic E-state index is 12.3. The zero-order valence-corrected chi connectivity index (χ0v) is 18.9. The van der Waals surface area contributed by atoms with Crippen molar-refractivity contribution in [1.29, 1.82) is 0 Å². The molecule has 0 aliphatic carbocycles. The minimum Gasteiger partial charge on any atom is -0.325 e. The second-order valence-electron chi connectivity index (χ2n) is 6.98. The van der Waals surface area contributed by atoms with E-state index in [9.17, 15) is 4.79 Å². The minimum atomic E-state index is -0.0627. The van der Waals surface area contributed by atoms with Gasteiger partial charge in [-0.05, 0) is 31.5 Å². The molecule has 1 N–H and O–H groups in total. The van der Waals surface area contributed by atoms with E-state index in [4.69, 9.17) is 0 Å². The first kappa shape index (κ1) is 22.2. The molecule has 0 atom stereocenters. The van der Waals surface area contributed by atoms with Gasteiger partial charge in [-0.25, -0.2) is 0 Å². The Morgan fingerprint density at radius 2 is 1.70 bits per heavy atom. The number of hydrogen-bond donors (Lipinski definition) is 1. The molecule has 0 bridgehead atoms. The number of aryl methyl sites for hydroxylation is 2. The van der Waals surface area contributed by atoms with Crippen LogP contribution in [0, 0.1) is 13.8 Å². The van der Waals surface area contributed by atoms with Crippen LogP contribution >= 0.6 is 23.5 Å². The Morgan fingerprint density at radius 1 is 1.03 bits per heavy atom. The molecule has 156 valence electrons. The smallest absolute Gasteiger partial charge is 0.234 e. The average molecular weight is 439 g/mol. The summed E-state index contributed by atoms with van der Waals surface area (Å²) in [5, 5.41) is 12.3. The lowest BCUT2D eigenvalue weighted by atomic mass is 10.2. The number of benzene rings is 2. The minimum absolute atomic E-state index is 0.0627. The van der Waals surface area contributed by atoms with Gasteiger partial charge < -0.3 is 9.88 Å². The van der Waals surface area contributed by atoms with Gasteiger partial charge in [0.1, 0.15) is 5.82 Å². The summed E-state index contributed by atoms with van der Waals surface area (Å²) in [6, 6.07) is 16.3. The summed E-state index contributed by atoms with van der Waals surface area (Å²) in [4.78, 5) is 12.3. The van der Waals surface area contributed by atoms with E-state index in [0.29, 0.717) is 6.54 Å². The molecule has 1 aromatic heterocycles. The van der Waals surface area contributed by atoms with E-state index < -0.39 is 0 Å². The van der Waals surface area contributed by atoms with Crippen LogP contribution in [0.1, 0.15) is 22.5 Å². The number of carbonyl (C=O) groups is 1. The summed E-state index contributed by atoms with van der Waals surface area (Å²) in [6.45, 7) is 8.57. The van der Waals surface area contributed by atoms with Crippen LogP contribution in [-0.4, -0.2) is 26.4 Å². The van der Waals surface area contributed by atoms with Gasteiger partial charge in [0.05, 0.1) is 11.5 Å². The molecule has 2 aromatic carbocycles. The molecule has 1 heterocycles. The zero-order valence-electron chi connectivity index (χ0n) is 17.3. The van der Waals surface area contributed by atoms with Gasteiger partial charge in [0, 0.05) is 18.0 Å². The van der Waals surface area contributed by atoms with E-state index in [1.54, 1.807) is 11.8 Å². The van der Waals surface area contributed by atoms with Gasteiger partial charge >= 0.3 is 0 Å². The molecule has 3 rings (SSSR count). The van der Waals surface area contributed by atoms with Crippen molar-refractivity contribution in [3.8, 4) is 0 Å². The zero-order chi connectivity index (χ0) is 21.3. The van der Waals surface area contributed by atoms with Crippen molar-refractivity contribution in [2.24, 2.45) is 0 Å². The van der Waals surface area contributed by atoms with Gasteiger partial charge in [0.15, 0.2) is 5.16 Å². The SMILES string of the molecule is C=CCn1c(CSCc2ccc(C)cc2)nnc1SCC(=O)Nc1ccc(C)cc1. The van der Waals surface area contributed by atoms with Gasteiger partial charge in [-0.3, -0.25) is 4.79 Å². The lowest BCUT2D eigenvalue weighted by molar-refractivity contribution is -0.113. The molecule has 7 heteroatoms. The summed E-state index contributed by atoms with van der Waals surface area (Å²) in [6.07, 6.45) is 1.83. The Balaban J connectivity index is 1.55. The molecule has 0 aliphatic heterocycles. The fourth-order valence-corrected chi connectivity index (χ4v) is 4.45. The summed E-state index contributed by atoms with van der Waals surface area (Å²) in [5.41, 5.74) is 4.52. The standard InChI is InChI=1S/C23H26N4OS2/c1-4-13-27-21(15-29-14-19-9-5-17(2)6-10-19)25-26-23(27)30-16-22(28)24-20-11-7-18(3)8-12-20/h4-12H,1,13-16H2,2-3H3,(H,24,28).